The van der Waals surface area contributed by atoms with Crippen LogP contribution >= 0.6 is 11.8 Å². The molecular formula is C13H23N3O3S. The lowest BCUT2D eigenvalue weighted by Gasteiger charge is -2.43. The number of carbonyl (C=O) groups excluding carboxylic acids is 2. The maximum atomic E-state index is 12.2. The van der Waals surface area contributed by atoms with Crippen molar-refractivity contribution in [2.24, 2.45) is 5.73 Å². The molecule has 0 aliphatic carbocycles. The monoisotopic (exact) mass is 301 g/mol. The first-order valence-electron chi connectivity index (χ1n) is 6.92. The fourth-order valence-corrected chi connectivity index (χ4v) is 3.98. The van der Waals surface area contributed by atoms with Gasteiger partial charge >= 0.3 is 0 Å². The molecule has 0 bridgehead atoms. The van der Waals surface area contributed by atoms with Crippen LogP contribution < -0.4 is 5.73 Å². The van der Waals surface area contributed by atoms with Gasteiger partial charge in [0.1, 0.15) is 5.54 Å². The first-order chi connectivity index (χ1) is 9.43. The van der Waals surface area contributed by atoms with Crippen LogP contribution in [0.3, 0.4) is 0 Å². The van der Waals surface area contributed by atoms with Crippen molar-refractivity contribution in [3.63, 3.8) is 0 Å². The Morgan fingerprint density at radius 3 is 2.60 bits per heavy atom. The molecule has 2 aliphatic heterocycles. The molecule has 2 N–H and O–H groups in total. The van der Waals surface area contributed by atoms with Crippen LogP contribution in [0.2, 0.25) is 0 Å². The molecule has 20 heavy (non-hydrogen) atoms. The van der Waals surface area contributed by atoms with E-state index in [0.29, 0.717) is 45.0 Å². The second kappa shape index (κ2) is 6.32. The molecule has 0 radical (unpaired) electrons. The number of carbonyl (C=O) groups is 2. The number of morpholine rings is 1. The zero-order chi connectivity index (χ0) is 14.8. The molecule has 2 aliphatic rings. The number of nitrogens with zero attached hydrogens (tertiary/aromatic N) is 2. The Hall–Kier alpha value is -0.790. The Morgan fingerprint density at radius 2 is 2.05 bits per heavy atom. The van der Waals surface area contributed by atoms with Crippen LogP contribution in [0.4, 0.5) is 0 Å². The Kier molecular flexibility index (Phi) is 4.93. The highest BCUT2D eigenvalue weighted by molar-refractivity contribution is 8.00. The quantitative estimate of drug-likeness (QED) is 0.762. The van der Waals surface area contributed by atoms with Gasteiger partial charge in [0.05, 0.1) is 13.2 Å². The Balaban J connectivity index is 1.86. The van der Waals surface area contributed by atoms with E-state index in [1.165, 1.54) is 0 Å². The fourth-order valence-electron chi connectivity index (χ4n) is 2.47. The lowest BCUT2D eigenvalue weighted by Crippen LogP contribution is -2.60. The number of nitrogens with two attached hydrogens (primary N) is 1. The van der Waals surface area contributed by atoms with Crippen LogP contribution in [0.25, 0.3) is 0 Å². The average Bonchev–Trinajstić information content (AvgIpc) is 2.43. The van der Waals surface area contributed by atoms with Crippen molar-refractivity contribution in [3.8, 4) is 0 Å². The van der Waals surface area contributed by atoms with Crippen LogP contribution in [0.15, 0.2) is 0 Å². The minimum absolute atomic E-state index is 0.182. The molecule has 2 heterocycles. The third kappa shape index (κ3) is 3.27. The number of hydrogen-bond acceptors (Lipinski definition) is 5. The van der Waals surface area contributed by atoms with Crippen LogP contribution in [-0.2, 0) is 14.3 Å². The van der Waals surface area contributed by atoms with Gasteiger partial charge in [-0.25, -0.2) is 0 Å². The van der Waals surface area contributed by atoms with Crippen LogP contribution in [0, 0.1) is 0 Å². The first kappa shape index (κ1) is 15.6. The first-order valence-corrected chi connectivity index (χ1v) is 7.96. The lowest BCUT2D eigenvalue weighted by atomic mass is 10.0. The molecule has 2 rings (SSSR count). The SMILES string of the molecule is CN1CC(CC(=O)N2CCOCC2)SCC1(C)C(N)=O. The number of hydrogen-bond donors (Lipinski definition) is 1. The van der Waals surface area contributed by atoms with E-state index < -0.39 is 5.54 Å². The zero-order valence-corrected chi connectivity index (χ0v) is 12.9. The summed E-state index contributed by atoms with van der Waals surface area (Å²) in [7, 11) is 1.90. The highest BCUT2D eigenvalue weighted by Crippen LogP contribution is 2.31. The summed E-state index contributed by atoms with van der Waals surface area (Å²) in [5.74, 6) is 0.521. The zero-order valence-electron chi connectivity index (χ0n) is 12.1. The van der Waals surface area contributed by atoms with E-state index in [0.717, 1.165) is 0 Å². The van der Waals surface area contributed by atoms with Gasteiger partial charge in [0.25, 0.3) is 0 Å². The molecule has 2 unspecified atom stereocenters. The molecular weight excluding hydrogens is 278 g/mol. The molecule has 2 atom stereocenters. The fraction of sp³-hybridized carbons (Fsp3) is 0.846. The molecule has 2 saturated heterocycles. The summed E-state index contributed by atoms with van der Waals surface area (Å²) >= 11 is 1.67. The van der Waals surface area contributed by atoms with Crippen molar-refractivity contribution >= 4 is 23.6 Å². The van der Waals surface area contributed by atoms with Crippen LogP contribution in [-0.4, -0.2) is 78.1 Å². The minimum Gasteiger partial charge on any atom is -0.378 e. The molecule has 0 saturated carbocycles. The number of amides is 2. The standard InChI is InChI=1S/C13H23N3O3S/c1-13(12(14)18)9-20-10(8-15(13)2)7-11(17)16-3-5-19-6-4-16/h10H,3-9H2,1-2H3,(H2,14,18). The largest absolute Gasteiger partial charge is 0.378 e. The van der Waals surface area contributed by atoms with Gasteiger partial charge in [0, 0.05) is 37.1 Å². The number of thioether (sulfide) groups is 1. The number of likely N-dealkylation sites (N-methyl/N-ethyl adjacent to an activating group) is 1. The molecule has 0 aromatic carbocycles. The molecule has 0 spiro atoms. The number of rotatable bonds is 3. The van der Waals surface area contributed by atoms with Crippen LogP contribution in [0.1, 0.15) is 13.3 Å². The van der Waals surface area contributed by atoms with Gasteiger partial charge in [-0.1, -0.05) is 0 Å². The summed E-state index contributed by atoms with van der Waals surface area (Å²) in [5.41, 5.74) is 4.86. The van der Waals surface area contributed by atoms with E-state index in [4.69, 9.17) is 10.5 Å². The molecule has 2 amide bonds. The Bertz CT molecular complexity index is 387. The molecule has 7 heteroatoms. The molecule has 6 nitrogen and oxygen atoms in total. The second-order valence-corrected chi connectivity index (χ2v) is 6.94. The Morgan fingerprint density at radius 1 is 1.40 bits per heavy atom. The molecule has 0 aromatic heterocycles. The van der Waals surface area contributed by atoms with E-state index in [2.05, 4.69) is 0 Å². The summed E-state index contributed by atoms with van der Waals surface area (Å²) in [5, 5.41) is 0.225. The van der Waals surface area contributed by atoms with Crippen molar-refractivity contribution in [1.29, 1.82) is 0 Å². The van der Waals surface area contributed by atoms with Crippen molar-refractivity contribution in [1.82, 2.24) is 9.80 Å². The summed E-state index contributed by atoms with van der Waals surface area (Å²) in [6.07, 6.45) is 0.518. The highest BCUT2D eigenvalue weighted by atomic mass is 32.2. The van der Waals surface area contributed by atoms with E-state index >= 15 is 0 Å². The predicted molar refractivity (Wildman–Crippen MR) is 78.5 cm³/mol. The summed E-state index contributed by atoms with van der Waals surface area (Å²) < 4.78 is 5.25. The third-order valence-corrected chi connectivity index (χ3v) is 5.73. The summed E-state index contributed by atoms with van der Waals surface area (Å²) in [4.78, 5) is 27.6. The van der Waals surface area contributed by atoms with Crippen molar-refractivity contribution < 1.29 is 14.3 Å². The van der Waals surface area contributed by atoms with Crippen molar-refractivity contribution in [2.75, 3.05) is 45.6 Å². The van der Waals surface area contributed by atoms with E-state index in [-0.39, 0.29) is 17.1 Å². The smallest absolute Gasteiger partial charge is 0.238 e. The summed E-state index contributed by atoms with van der Waals surface area (Å²) in [6, 6.07) is 0. The topological polar surface area (TPSA) is 75.9 Å². The molecule has 0 aromatic rings. The molecule has 2 fully saturated rings. The predicted octanol–water partition coefficient (Wildman–Crippen LogP) is -0.473. The maximum absolute atomic E-state index is 12.2. The number of primary amides is 1. The van der Waals surface area contributed by atoms with Gasteiger partial charge in [-0.2, -0.15) is 11.8 Å². The minimum atomic E-state index is -0.608. The third-order valence-electron chi connectivity index (χ3n) is 4.22. The van der Waals surface area contributed by atoms with E-state index in [9.17, 15) is 9.59 Å². The van der Waals surface area contributed by atoms with Crippen molar-refractivity contribution in [3.05, 3.63) is 0 Å². The van der Waals surface area contributed by atoms with E-state index in [1.807, 2.05) is 23.8 Å². The summed E-state index contributed by atoms with van der Waals surface area (Å²) in [6.45, 7) is 5.20. The maximum Gasteiger partial charge on any atom is 0.238 e. The van der Waals surface area contributed by atoms with Gasteiger partial charge < -0.3 is 15.4 Å². The van der Waals surface area contributed by atoms with E-state index in [1.54, 1.807) is 11.8 Å². The normalized spacial score (nSPS) is 32.1. The van der Waals surface area contributed by atoms with Gasteiger partial charge in [-0.3, -0.25) is 14.5 Å². The average molecular weight is 301 g/mol. The molecule has 114 valence electrons. The number of ether oxygens (including phenoxy) is 1. The van der Waals surface area contributed by atoms with Crippen molar-refractivity contribution in [2.45, 2.75) is 24.1 Å². The van der Waals surface area contributed by atoms with Gasteiger partial charge in [0.15, 0.2) is 0 Å². The second-order valence-electron chi connectivity index (χ2n) is 5.65. The van der Waals surface area contributed by atoms with Gasteiger partial charge in [-0.05, 0) is 14.0 Å². The van der Waals surface area contributed by atoms with Gasteiger partial charge in [-0.15, -0.1) is 0 Å². The lowest BCUT2D eigenvalue weighted by molar-refractivity contribution is -0.135. The van der Waals surface area contributed by atoms with Crippen LogP contribution in [0.5, 0.6) is 0 Å². The van der Waals surface area contributed by atoms with Gasteiger partial charge in [0.2, 0.25) is 11.8 Å². The Labute approximate surface area is 124 Å². The highest BCUT2D eigenvalue weighted by Gasteiger charge is 2.41.